The fourth-order valence-electron chi connectivity index (χ4n) is 1.96. The minimum atomic E-state index is 0.170. The van der Waals surface area contributed by atoms with Gasteiger partial charge in [0.2, 0.25) is 0 Å². The Balaban J connectivity index is 2.52. The number of nitrogens with zero attached hydrogens (tertiary/aromatic N) is 2. The Hall–Kier alpha value is -0.810. The molecular formula is C10H21N3O2. The molecule has 0 aliphatic heterocycles. The van der Waals surface area contributed by atoms with Gasteiger partial charge in [0.05, 0.1) is 6.61 Å². The minimum absolute atomic E-state index is 0.170. The summed E-state index contributed by atoms with van der Waals surface area (Å²) >= 11 is 0. The molecule has 0 aromatic heterocycles. The van der Waals surface area contributed by atoms with Crippen LogP contribution in [0.2, 0.25) is 0 Å². The van der Waals surface area contributed by atoms with Crippen molar-refractivity contribution in [2.24, 2.45) is 10.9 Å². The summed E-state index contributed by atoms with van der Waals surface area (Å²) in [5.41, 5.74) is 5.51. The lowest BCUT2D eigenvalue weighted by molar-refractivity contribution is 0.141. The van der Waals surface area contributed by atoms with Gasteiger partial charge in [-0.05, 0) is 19.3 Å². The van der Waals surface area contributed by atoms with Gasteiger partial charge in [-0.2, -0.15) is 0 Å². The zero-order chi connectivity index (χ0) is 11.3. The monoisotopic (exact) mass is 215 g/mol. The van der Waals surface area contributed by atoms with Crippen LogP contribution in [0.25, 0.3) is 0 Å². The zero-order valence-corrected chi connectivity index (χ0v) is 9.26. The van der Waals surface area contributed by atoms with Crippen LogP contribution in [0, 0.1) is 0 Å². The molecule has 0 heterocycles. The molecule has 5 nitrogen and oxygen atoms in total. The first-order valence-corrected chi connectivity index (χ1v) is 5.55. The second kappa shape index (κ2) is 5.92. The largest absolute Gasteiger partial charge is 0.409 e. The van der Waals surface area contributed by atoms with Gasteiger partial charge < -0.3 is 16.0 Å². The Morgan fingerprint density at radius 2 is 2.27 bits per heavy atom. The van der Waals surface area contributed by atoms with E-state index >= 15 is 0 Å². The van der Waals surface area contributed by atoms with Gasteiger partial charge >= 0.3 is 0 Å². The smallest absolute Gasteiger partial charge is 0.140 e. The molecule has 1 rings (SSSR count). The van der Waals surface area contributed by atoms with Gasteiger partial charge in [0, 0.05) is 25.0 Å². The standard InChI is InChI=1S/C10H21N3O2/c1-2-8(7-10(11)12-15)13(5-6-14)9-3-4-9/h8-9,14-15H,2-7H2,1H3,(H2,11,12). The molecule has 15 heavy (non-hydrogen) atoms. The van der Waals surface area contributed by atoms with Crippen LogP contribution in [0.3, 0.4) is 0 Å². The van der Waals surface area contributed by atoms with Crippen LogP contribution in [0.5, 0.6) is 0 Å². The SMILES string of the molecule is CCC(CC(N)=NO)N(CCO)C1CC1. The van der Waals surface area contributed by atoms with Crippen LogP contribution >= 0.6 is 0 Å². The van der Waals surface area contributed by atoms with Crippen LogP contribution in [0.4, 0.5) is 0 Å². The van der Waals surface area contributed by atoms with Gasteiger partial charge in [-0.25, -0.2) is 0 Å². The lowest BCUT2D eigenvalue weighted by Crippen LogP contribution is -2.41. The third-order valence-electron chi connectivity index (χ3n) is 2.89. The topological polar surface area (TPSA) is 82.1 Å². The first kappa shape index (κ1) is 12.3. The van der Waals surface area contributed by atoms with Crippen molar-refractivity contribution >= 4 is 5.84 Å². The predicted octanol–water partition coefficient (Wildman–Crippen LogP) is 0.358. The highest BCUT2D eigenvalue weighted by Crippen LogP contribution is 2.29. The van der Waals surface area contributed by atoms with E-state index in [1.165, 1.54) is 12.8 Å². The minimum Gasteiger partial charge on any atom is -0.409 e. The van der Waals surface area contributed by atoms with E-state index < -0.39 is 0 Å². The molecule has 5 heteroatoms. The second-order valence-corrected chi connectivity index (χ2v) is 4.05. The summed E-state index contributed by atoms with van der Waals surface area (Å²) in [6.45, 7) is 2.94. The second-order valence-electron chi connectivity index (χ2n) is 4.05. The first-order valence-electron chi connectivity index (χ1n) is 5.55. The van der Waals surface area contributed by atoms with Gasteiger partial charge in [0.15, 0.2) is 0 Å². The van der Waals surface area contributed by atoms with Crippen LogP contribution in [-0.4, -0.2) is 46.3 Å². The summed E-state index contributed by atoms with van der Waals surface area (Å²) in [7, 11) is 0. The predicted molar refractivity (Wildman–Crippen MR) is 58.9 cm³/mol. The van der Waals surface area contributed by atoms with Crippen molar-refractivity contribution in [3.8, 4) is 0 Å². The van der Waals surface area contributed by atoms with E-state index in [1.54, 1.807) is 0 Å². The van der Waals surface area contributed by atoms with Gasteiger partial charge in [0.1, 0.15) is 5.84 Å². The quantitative estimate of drug-likeness (QED) is 0.248. The van der Waals surface area contributed by atoms with E-state index in [0.29, 0.717) is 19.0 Å². The molecule has 1 saturated carbocycles. The Kier molecular flexibility index (Phi) is 4.84. The van der Waals surface area contributed by atoms with Crippen molar-refractivity contribution < 1.29 is 10.3 Å². The lowest BCUT2D eigenvalue weighted by atomic mass is 10.1. The van der Waals surface area contributed by atoms with E-state index in [4.69, 9.17) is 16.0 Å². The molecular weight excluding hydrogens is 194 g/mol. The molecule has 88 valence electrons. The number of oxime groups is 1. The molecule has 0 radical (unpaired) electrons. The summed E-state index contributed by atoms with van der Waals surface area (Å²) in [4.78, 5) is 2.28. The number of rotatable bonds is 7. The normalized spacial score (nSPS) is 19.5. The number of aliphatic hydroxyl groups excluding tert-OH is 1. The molecule has 1 aliphatic carbocycles. The maximum Gasteiger partial charge on any atom is 0.140 e. The molecule has 1 atom stereocenters. The highest BCUT2D eigenvalue weighted by Gasteiger charge is 2.33. The number of hydrogen-bond donors (Lipinski definition) is 3. The lowest BCUT2D eigenvalue weighted by Gasteiger charge is -2.30. The fourth-order valence-corrected chi connectivity index (χ4v) is 1.96. The molecule has 0 aromatic rings. The van der Waals surface area contributed by atoms with Gasteiger partial charge in [-0.3, -0.25) is 4.90 Å². The average Bonchev–Trinajstić information content (AvgIpc) is 3.06. The van der Waals surface area contributed by atoms with Crippen molar-refractivity contribution in [3.63, 3.8) is 0 Å². The van der Waals surface area contributed by atoms with E-state index in [2.05, 4.69) is 17.0 Å². The number of aliphatic hydroxyl groups is 1. The van der Waals surface area contributed by atoms with Crippen molar-refractivity contribution in [2.45, 2.75) is 44.7 Å². The van der Waals surface area contributed by atoms with Crippen LogP contribution in [0.1, 0.15) is 32.6 Å². The van der Waals surface area contributed by atoms with Gasteiger partial charge in [-0.15, -0.1) is 0 Å². The fraction of sp³-hybridized carbons (Fsp3) is 0.900. The summed E-state index contributed by atoms with van der Waals surface area (Å²) in [6.07, 6.45) is 3.93. The Morgan fingerprint density at radius 3 is 2.67 bits per heavy atom. The Labute approximate surface area is 90.6 Å². The summed E-state index contributed by atoms with van der Waals surface area (Å²) in [5.74, 6) is 0.269. The third kappa shape index (κ3) is 3.68. The zero-order valence-electron chi connectivity index (χ0n) is 9.26. The van der Waals surface area contributed by atoms with Gasteiger partial charge in [-0.1, -0.05) is 12.1 Å². The van der Waals surface area contributed by atoms with E-state index in [9.17, 15) is 0 Å². The molecule has 0 saturated heterocycles. The van der Waals surface area contributed by atoms with E-state index in [-0.39, 0.29) is 18.5 Å². The van der Waals surface area contributed by atoms with Crippen molar-refractivity contribution in [3.05, 3.63) is 0 Å². The summed E-state index contributed by atoms with van der Waals surface area (Å²) in [6, 6.07) is 0.870. The first-order chi connectivity index (χ1) is 7.22. The summed E-state index contributed by atoms with van der Waals surface area (Å²) < 4.78 is 0. The van der Waals surface area contributed by atoms with E-state index in [0.717, 1.165) is 6.42 Å². The number of amidine groups is 1. The van der Waals surface area contributed by atoms with Crippen molar-refractivity contribution in [1.29, 1.82) is 0 Å². The van der Waals surface area contributed by atoms with Crippen LogP contribution in [0.15, 0.2) is 5.16 Å². The molecule has 0 spiro atoms. The highest BCUT2D eigenvalue weighted by molar-refractivity contribution is 5.80. The van der Waals surface area contributed by atoms with Crippen LogP contribution < -0.4 is 5.73 Å². The molecule has 0 bridgehead atoms. The molecule has 1 fully saturated rings. The van der Waals surface area contributed by atoms with Crippen molar-refractivity contribution in [1.82, 2.24) is 4.90 Å². The van der Waals surface area contributed by atoms with Crippen molar-refractivity contribution in [2.75, 3.05) is 13.2 Å². The van der Waals surface area contributed by atoms with Crippen LogP contribution in [-0.2, 0) is 0 Å². The van der Waals surface area contributed by atoms with Gasteiger partial charge in [0.25, 0.3) is 0 Å². The highest BCUT2D eigenvalue weighted by atomic mass is 16.4. The van der Waals surface area contributed by atoms with E-state index in [1.807, 2.05) is 0 Å². The molecule has 1 unspecified atom stereocenters. The number of nitrogens with two attached hydrogens (primary N) is 1. The number of hydrogen-bond acceptors (Lipinski definition) is 4. The Morgan fingerprint density at radius 1 is 1.60 bits per heavy atom. The average molecular weight is 215 g/mol. The maximum atomic E-state index is 9.00. The Bertz CT molecular complexity index is 217. The maximum absolute atomic E-state index is 9.00. The molecule has 0 amide bonds. The molecule has 1 aliphatic rings. The third-order valence-corrected chi connectivity index (χ3v) is 2.89. The molecule has 4 N–H and O–H groups in total. The molecule has 0 aromatic carbocycles. The summed E-state index contributed by atoms with van der Waals surface area (Å²) in [5, 5.41) is 20.5.